The summed E-state index contributed by atoms with van der Waals surface area (Å²) in [5, 5.41) is 13.1. The van der Waals surface area contributed by atoms with E-state index in [2.05, 4.69) is 22.2 Å². The normalized spacial score (nSPS) is 11.8. The summed E-state index contributed by atoms with van der Waals surface area (Å²) in [5.74, 6) is -0.642. The van der Waals surface area contributed by atoms with Gasteiger partial charge < -0.3 is 24.7 Å². The molecule has 38 heavy (non-hydrogen) atoms. The average molecular weight is 535 g/mol. The van der Waals surface area contributed by atoms with Gasteiger partial charge in [-0.15, -0.1) is 0 Å². The monoisotopic (exact) mass is 534 g/mol. The number of aromatic nitrogens is 3. The van der Waals surface area contributed by atoms with Gasteiger partial charge in [-0.25, -0.2) is 9.78 Å². The van der Waals surface area contributed by atoms with Crippen molar-refractivity contribution in [1.82, 2.24) is 14.5 Å². The number of H-pyrrole nitrogens is 1. The van der Waals surface area contributed by atoms with Crippen molar-refractivity contribution in [2.24, 2.45) is 0 Å². The number of esters is 1. The highest BCUT2D eigenvalue weighted by Gasteiger charge is 2.23. The number of anilines is 1. The number of unbranched alkanes of at least 4 members (excludes halogenated alkanes) is 1. The van der Waals surface area contributed by atoms with E-state index in [0.717, 1.165) is 36.2 Å². The smallest absolute Gasteiger partial charge is 0.354 e. The van der Waals surface area contributed by atoms with Gasteiger partial charge in [-0.2, -0.15) is 0 Å². The van der Waals surface area contributed by atoms with Crippen LogP contribution in [0, 0.1) is 0 Å². The van der Waals surface area contributed by atoms with Gasteiger partial charge in [0.25, 0.3) is 0 Å². The molecule has 0 unspecified atom stereocenters. The van der Waals surface area contributed by atoms with E-state index < -0.39 is 11.9 Å². The van der Waals surface area contributed by atoms with Crippen LogP contribution in [-0.4, -0.2) is 38.1 Å². The second-order valence-electron chi connectivity index (χ2n) is 8.95. The van der Waals surface area contributed by atoms with E-state index >= 15 is 0 Å². The predicted molar refractivity (Wildman–Crippen MR) is 146 cm³/mol. The van der Waals surface area contributed by atoms with Gasteiger partial charge in [0.15, 0.2) is 5.15 Å². The lowest BCUT2D eigenvalue weighted by Gasteiger charge is -2.18. The van der Waals surface area contributed by atoms with Crippen LogP contribution in [0.1, 0.15) is 58.8 Å². The lowest BCUT2D eigenvalue weighted by molar-refractivity contribution is -0.118. The molecule has 2 aromatic carbocycles. The van der Waals surface area contributed by atoms with Crippen LogP contribution in [0.3, 0.4) is 0 Å². The van der Waals surface area contributed by atoms with E-state index in [1.165, 1.54) is 0 Å². The summed E-state index contributed by atoms with van der Waals surface area (Å²) in [7, 11) is 0. The van der Waals surface area contributed by atoms with Crippen LogP contribution in [0.15, 0.2) is 72.9 Å². The number of nitrogens with one attached hydrogen (secondary N) is 2. The number of carbonyl (C=O) groups excluding carboxylic acids is 2. The first-order chi connectivity index (χ1) is 18.5. The zero-order valence-corrected chi connectivity index (χ0v) is 21.9. The number of nitrogens with zero attached hydrogens (tertiary/aromatic N) is 2. The fourth-order valence-electron chi connectivity index (χ4n) is 4.18. The number of ether oxygens (including phenoxy) is 1. The maximum Gasteiger partial charge on any atom is 0.354 e. The molecule has 3 N–H and O–H groups in total. The minimum absolute atomic E-state index is 0.0996. The summed E-state index contributed by atoms with van der Waals surface area (Å²) in [6.07, 6.45) is 4.42. The summed E-state index contributed by atoms with van der Waals surface area (Å²) in [6, 6.07) is 20.0. The molecule has 0 fully saturated rings. The van der Waals surface area contributed by atoms with Crippen LogP contribution >= 0.6 is 11.6 Å². The van der Waals surface area contributed by atoms with E-state index in [-0.39, 0.29) is 19.1 Å². The molecule has 0 saturated carbocycles. The van der Waals surface area contributed by atoms with Crippen molar-refractivity contribution in [3.63, 3.8) is 0 Å². The lowest BCUT2D eigenvalue weighted by Crippen LogP contribution is -2.26. The molecule has 0 aliphatic carbocycles. The fraction of sp³-hybridized carbons (Fsp3) is 0.276. The minimum atomic E-state index is -0.684. The summed E-state index contributed by atoms with van der Waals surface area (Å²) in [5.41, 5.74) is 3.26. The second kappa shape index (κ2) is 13.1. The van der Waals surface area contributed by atoms with Gasteiger partial charge in [-0.05, 0) is 41.8 Å². The molecular weight excluding hydrogens is 504 g/mol. The first-order valence-electron chi connectivity index (χ1n) is 12.6. The van der Waals surface area contributed by atoms with Crippen molar-refractivity contribution in [3.8, 4) is 0 Å². The molecular formula is C29H31ClN4O4. The third-order valence-corrected chi connectivity index (χ3v) is 6.59. The zero-order valence-electron chi connectivity index (χ0n) is 21.2. The van der Waals surface area contributed by atoms with Gasteiger partial charge in [0.1, 0.15) is 18.1 Å². The summed E-state index contributed by atoms with van der Waals surface area (Å²) < 4.78 is 7.39. The molecule has 0 aliphatic heterocycles. The molecule has 198 valence electrons. The number of hydrogen-bond donors (Lipinski definition) is 3. The highest BCUT2D eigenvalue weighted by atomic mass is 35.5. The molecule has 0 radical (unpaired) electrons. The Hall–Kier alpha value is -3.88. The molecule has 8 nitrogen and oxygen atoms in total. The lowest BCUT2D eigenvalue weighted by atomic mass is 9.99. The third-order valence-electron chi connectivity index (χ3n) is 6.29. The number of rotatable bonds is 12. The van der Waals surface area contributed by atoms with Crippen LogP contribution in [0.25, 0.3) is 0 Å². The van der Waals surface area contributed by atoms with Gasteiger partial charge in [0.2, 0.25) is 5.91 Å². The Balaban J connectivity index is 1.45. The Morgan fingerprint density at radius 1 is 1.11 bits per heavy atom. The second-order valence-corrected chi connectivity index (χ2v) is 9.30. The number of imidazole rings is 1. The SMILES string of the molecule is CCCCc1nc(Cl)c(CO)n1Cc1ccc(NC(=O)[C@H](COC(=O)c2ccc[nH]2)c2ccccc2)cc1. The molecule has 2 heterocycles. The highest BCUT2D eigenvalue weighted by Crippen LogP contribution is 2.23. The van der Waals surface area contributed by atoms with Crippen LogP contribution in [0.4, 0.5) is 5.69 Å². The third kappa shape index (κ3) is 6.70. The Labute approximate surface area is 226 Å². The number of halogens is 1. The van der Waals surface area contributed by atoms with Crippen molar-refractivity contribution in [1.29, 1.82) is 0 Å². The van der Waals surface area contributed by atoms with E-state index in [4.69, 9.17) is 16.3 Å². The minimum Gasteiger partial charge on any atom is -0.460 e. The van der Waals surface area contributed by atoms with Gasteiger partial charge >= 0.3 is 5.97 Å². The molecule has 4 aromatic rings. The van der Waals surface area contributed by atoms with Crippen LogP contribution in [0.5, 0.6) is 0 Å². The number of amides is 1. The maximum atomic E-state index is 13.3. The molecule has 1 atom stereocenters. The van der Waals surface area contributed by atoms with E-state index in [1.54, 1.807) is 18.3 Å². The number of aryl methyl sites for hydroxylation is 1. The van der Waals surface area contributed by atoms with E-state index in [1.807, 2.05) is 59.2 Å². The Morgan fingerprint density at radius 3 is 2.53 bits per heavy atom. The van der Waals surface area contributed by atoms with Crippen LogP contribution in [0.2, 0.25) is 5.15 Å². The summed E-state index contributed by atoms with van der Waals surface area (Å²) in [6.45, 7) is 2.33. The molecule has 4 rings (SSSR count). The van der Waals surface area contributed by atoms with Crippen molar-refractivity contribution >= 4 is 29.2 Å². The predicted octanol–water partition coefficient (Wildman–Crippen LogP) is 5.33. The number of benzene rings is 2. The first-order valence-corrected chi connectivity index (χ1v) is 13.0. The molecule has 9 heteroatoms. The number of carbonyl (C=O) groups is 2. The molecule has 0 aliphatic rings. The number of aliphatic hydroxyl groups is 1. The van der Waals surface area contributed by atoms with Crippen molar-refractivity contribution in [2.45, 2.75) is 45.3 Å². The quantitative estimate of drug-likeness (QED) is 0.213. The van der Waals surface area contributed by atoms with Crippen molar-refractivity contribution < 1.29 is 19.4 Å². The molecule has 0 spiro atoms. The van der Waals surface area contributed by atoms with Gasteiger partial charge in [-0.1, -0.05) is 67.4 Å². The van der Waals surface area contributed by atoms with Crippen LogP contribution < -0.4 is 5.32 Å². The van der Waals surface area contributed by atoms with E-state index in [9.17, 15) is 14.7 Å². The van der Waals surface area contributed by atoms with Gasteiger partial charge in [0, 0.05) is 24.8 Å². The largest absolute Gasteiger partial charge is 0.460 e. The summed E-state index contributed by atoms with van der Waals surface area (Å²) in [4.78, 5) is 32.8. The zero-order chi connectivity index (χ0) is 26.9. The van der Waals surface area contributed by atoms with Gasteiger partial charge in [0.05, 0.1) is 18.2 Å². The number of aromatic amines is 1. The first kappa shape index (κ1) is 27.2. The Bertz CT molecular complexity index is 1340. The Morgan fingerprint density at radius 2 is 1.87 bits per heavy atom. The molecule has 2 aromatic heterocycles. The molecule has 0 saturated heterocycles. The Kier molecular flexibility index (Phi) is 9.35. The highest BCUT2D eigenvalue weighted by molar-refractivity contribution is 6.30. The van der Waals surface area contributed by atoms with Gasteiger partial charge in [-0.3, -0.25) is 4.79 Å². The van der Waals surface area contributed by atoms with E-state index in [0.29, 0.717) is 28.8 Å². The molecule has 1 amide bonds. The fourth-order valence-corrected chi connectivity index (χ4v) is 4.44. The standard InChI is InChI=1S/C29H31ClN4O4/c1-2-3-11-26-33-27(30)25(18-35)34(26)17-20-12-14-22(15-13-20)32-28(36)23(21-8-5-4-6-9-21)19-38-29(37)24-10-7-16-31-24/h4-10,12-16,23,31,35H,2-3,11,17-19H2,1H3,(H,32,36)/t23-/m1/s1. The molecule has 0 bridgehead atoms. The van der Waals surface area contributed by atoms with Crippen molar-refractivity contribution in [2.75, 3.05) is 11.9 Å². The number of hydrogen-bond acceptors (Lipinski definition) is 5. The maximum absolute atomic E-state index is 13.3. The number of aliphatic hydroxyl groups excluding tert-OH is 1. The van der Waals surface area contributed by atoms with Crippen molar-refractivity contribution in [3.05, 3.63) is 106 Å². The summed E-state index contributed by atoms with van der Waals surface area (Å²) >= 11 is 6.26. The average Bonchev–Trinajstić information content (AvgIpc) is 3.57. The van der Waals surface area contributed by atoms with Crippen LogP contribution in [-0.2, 0) is 29.1 Å². The topological polar surface area (TPSA) is 109 Å².